The van der Waals surface area contributed by atoms with Crippen molar-refractivity contribution in [3.05, 3.63) is 29.8 Å². The Balaban J connectivity index is 2.83. The van der Waals surface area contributed by atoms with Crippen LogP contribution in [0.3, 0.4) is 0 Å². The molecule has 0 fully saturated rings. The van der Waals surface area contributed by atoms with Crippen LogP contribution in [0.5, 0.6) is 5.75 Å². The lowest BCUT2D eigenvalue weighted by atomic mass is 10.2. The molecule has 0 saturated carbocycles. The Morgan fingerprint density at radius 2 is 2.00 bits per heavy atom. The molecule has 0 bridgehead atoms. The number of hydrogen-bond donors (Lipinski definition) is 0. The van der Waals surface area contributed by atoms with Crippen molar-refractivity contribution < 1.29 is 9.22 Å². The summed E-state index contributed by atoms with van der Waals surface area (Å²) in [5.74, 6) is 0.625. The molecular weight excluding hydrogens is 252 g/mol. The molecule has 1 aromatic carbocycles. The first-order valence-electron chi connectivity index (χ1n) is 5.94. The SMILES string of the molecule is CCCC[Si](C)(C)Oc1ccccc1C(=O)Cl. The molecule has 2 nitrogen and oxygen atoms in total. The Kier molecular flexibility index (Phi) is 5.21. The quantitative estimate of drug-likeness (QED) is 0.564. The molecule has 17 heavy (non-hydrogen) atoms. The van der Waals surface area contributed by atoms with Gasteiger partial charge in [0.15, 0.2) is 0 Å². The summed E-state index contributed by atoms with van der Waals surface area (Å²) in [6.07, 6.45) is 2.33. The van der Waals surface area contributed by atoms with Crippen molar-refractivity contribution in [2.24, 2.45) is 0 Å². The van der Waals surface area contributed by atoms with Crippen LogP contribution >= 0.6 is 11.6 Å². The maximum atomic E-state index is 11.3. The van der Waals surface area contributed by atoms with Crippen LogP contribution in [0, 0.1) is 0 Å². The second-order valence-corrected chi connectivity index (χ2v) is 9.30. The Morgan fingerprint density at radius 1 is 1.35 bits per heavy atom. The number of carbonyl (C=O) groups excluding carboxylic acids is 1. The summed E-state index contributed by atoms with van der Waals surface area (Å²) in [6.45, 7) is 6.50. The van der Waals surface area contributed by atoms with Crippen molar-refractivity contribution in [1.82, 2.24) is 0 Å². The lowest BCUT2D eigenvalue weighted by Crippen LogP contribution is -2.34. The summed E-state index contributed by atoms with van der Waals surface area (Å²) in [5.41, 5.74) is 0.464. The zero-order valence-electron chi connectivity index (χ0n) is 10.6. The van der Waals surface area contributed by atoms with Gasteiger partial charge in [0.25, 0.3) is 5.24 Å². The van der Waals surface area contributed by atoms with Crippen molar-refractivity contribution >= 4 is 25.2 Å². The zero-order chi connectivity index (χ0) is 12.9. The summed E-state index contributed by atoms with van der Waals surface area (Å²) in [6, 6.07) is 8.27. The highest BCUT2D eigenvalue weighted by Gasteiger charge is 2.25. The normalized spacial score (nSPS) is 11.3. The van der Waals surface area contributed by atoms with E-state index in [1.165, 1.54) is 0 Å². The molecule has 1 rings (SSSR count). The first-order valence-corrected chi connectivity index (χ1v) is 9.43. The Hall–Kier alpha value is -0.803. The van der Waals surface area contributed by atoms with Crippen molar-refractivity contribution in [2.45, 2.75) is 38.9 Å². The molecule has 0 aliphatic carbocycles. The average molecular weight is 271 g/mol. The van der Waals surface area contributed by atoms with Crippen LogP contribution in [0.2, 0.25) is 19.1 Å². The molecule has 94 valence electrons. The molecule has 0 radical (unpaired) electrons. The van der Waals surface area contributed by atoms with E-state index >= 15 is 0 Å². The number of benzene rings is 1. The lowest BCUT2D eigenvalue weighted by Gasteiger charge is -2.25. The molecule has 0 heterocycles. The third kappa shape index (κ3) is 4.52. The first kappa shape index (κ1) is 14.3. The van der Waals surface area contributed by atoms with Gasteiger partial charge in [-0.1, -0.05) is 31.9 Å². The molecule has 0 atom stereocenters. The van der Waals surface area contributed by atoms with Crippen molar-refractivity contribution in [3.63, 3.8) is 0 Å². The predicted molar refractivity (Wildman–Crippen MR) is 74.5 cm³/mol. The monoisotopic (exact) mass is 270 g/mol. The summed E-state index contributed by atoms with van der Waals surface area (Å²) in [7, 11) is -1.75. The predicted octanol–water partition coefficient (Wildman–Crippen LogP) is 4.45. The van der Waals surface area contributed by atoms with Gasteiger partial charge in [-0.2, -0.15) is 0 Å². The highest BCUT2D eigenvalue weighted by molar-refractivity contribution is 6.72. The van der Waals surface area contributed by atoms with Crippen LogP contribution in [0.15, 0.2) is 24.3 Å². The first-order chi connectivity index (χ1) is 7.96. The molecule has 0 spiro atoms. The van der Waals surface area contributed by atoms with Crippen LogP contribution in [-0.4, -0.2) is 13.6 Å². The van der Waals surface area contributed by atoms with Crippen LogP contribution in [0.4, 0.5) is 0 Å². The van der Waals surface area contributed by atoms with E-state index < -0.39 is 13.6 Å². The van der Waals surface area contributed by atoms with E-state index in [-0.39, 0.29) is 0 Å². The van der Waals surface area contributed by atoms with Crippen LogP contribution in [0.1, 0.15) is 30.1 Å². The van der Waals surface area contributed by atoms with Gasteiger partial charge in [0.05, 0.1) is 5.56 Å². The molecule has 0 aliphatic heterocycles. The Morgan fingerprint density at radius 3 is 2.59 bits per heavy atom. The largest absolute Gasteiger partial charge is 0.544 e. The minimum Gasteiger partial charge on any atom is -0.544 e. The van der Waals surface area contributed by atoms with E-state index in [9.17, 15) is 4.79 Å². The molecule has 0 aliphatic rings. The third-order valence-corrected chi connectivity index (χ3v) is 5.15. The van der Waals surface area contributed by atoms with Gasteiger partial charge in [-0.3, -0.25) is 4.79 Å². The minimum absolute atomic E-state index is 0.458. The van der Waals surface area contributed by atoms with Gasteiger partial charge in [-0.05, 0) is 42.9 Å². The van der Waals surface area contributed by atoms with E-state index in [4.69, 9.17) is 16.0 Å². The number of carbonyl (C=O) groups is 1. The number of halogens is 1. The summed E-state index contributed by atoms with van der Waals surface area (Å²) in [5, 5.41) is -0.458. The van der Waals surface area contributed by atoms with E-state index in [0.29, 0.717) is 11.3 Å². The highest BCUT2D eigenvalue weighted by Crippen LogP contribution is 2.25. The van der Waals surface area contributed by atoms with Crippen LogP contribution in [0.25, 0.3) is 0 Å². The van der Waals surface area contributed by atoms with Gasteiger partial charge in [0, 0.05) is 0 Å². The van der Waals surface area contributed by atoms with E-state index in [1.807, 2.05) is 12.1 Å². The Bertz CT molecular complexity index is 391. The molecule has 0 aromatic heterocycles. The highest BCUT2D eigenvalue weighted by atomic mass is 35.5. The Labute approximate surface area is 109 Å². The number of hydrogen-bond acceptors (Lipinski definition) is 2. The fraction of sp³-hybridized carbons (Fsp3) is 0.462. The molecule has 0 saturated heterocycles. The van der Waals surface area contributed by atoms with Crippen molar-refractivity contribution in [3.8, 4) is 5.75 Å². The smallest absolute Gasteiger partial charge is 0.256 e. The van der Waals surface area contributed by atoms with Gasteiger partial charge < -0.3 is 4.43 Å². The number of rotatable bonds is 6. The fourth-order valence-electron chi connectivity index (χ4n) is 1.67. The van der Waals surface area contributed by atoms with E-state index in [2.05, 4.69) is 20.0 Å². The molecule has 0 N–H and O–H groups in total. The summed E-state index contributed by atoms with van der Waals surface area (Å²) >= 11 is 5.54. The maximum Gasteiger partial charge on any atom is 0.256 e. The minimum atomic E-state index is -1.75. The van der Waals surface area contributed by atoms with Gasteiger partial charge in [0.1, 0.15) is 5.75 Å². The molecule has 4 heteroatoms. The molecule has 0 unspecified atom stereocenters. The third-order valence-electron chi connectivity index (χ3n) is 2.62. The average Bonchev–Trinajstić information content (AvgIpc) is 2.26. The van der Waals surface area contributed by atoms with Crippen LogP contribution in [-0.2, 0) is 0 Å². The summed E-state index contributed by atoms with van der Waals surface area (Å²) in [4.78, 5) is 11.3. The van der Waals surface area contributed by atoms with E-state index in [0.717, 1.165) is 18.9 Å². The van der Waals surface area contributed by atoms with Gasteiger partial charge >= 0.3 is 0 Å². The van der Waals surface area contributed by atoms with Gasteiger partial charge in [-0.15, -0.1) is 0 Å². The fourth-order valence-corrected chi connectivity index (χ4v) is 3.91. The molecule has 0 amide bonds. The summed E-state index contributed by atoms with van der Waals surface area (Å²) < 4.78 is 6.03. The second kappa shape index (κ2) is 6.22. The lowest BCUT2D eigenvalue weighted by molar-refractivity contribution is 0.108. The number of unbranched alkanes of at least 4 members (excludes halogenated alkanes) is 1. The maximum absolute atomic E-state index is 11.3. The zero-order valence-corrected chi connectivity index (χ0v) is 12.4. The van der Waals surface area contributed by atoms with Crippen LogP contribution < -0.4 is 4.43 Å². The molecular formula is C13H19ClO2Si. The van der Waals surface area contributed by atoms with Gasteiger partial charge in [0.2, 0.25) is 8.32 Å². The number of para-hydroxylation sites is 1. The van der Waals surface area contributed by atoms with E-state index in [1.54, 1.807) is 12.1 Å². The second-order valence-electron chi connectivity index (χ2n) is 4.74. The molecule has 1 aromatic rings. The van der Waals surface area contributed by atoms with Crippen molar-refractivity contribution in [2.75, 3.05) is 0 Å². The van der Waals surface area contributed by atoms with Gasteiger partial charge in [-0.25, -0.2) is 0 Å². The topological polar surface area (TPSA) is 26.3 Å². The van der Waals surface area contributed by atoms with Crippen molar-refractivity contribution in [1.29, 1.82) is 0 Å². The standard InChI is InChI=1S/C13H19ClO2Si/c1-4-5-10-17(2,3)16-12-9-7-6-8-11(12)13(14)15/h6-9H,4-5,10H2,1-3H3.